The van der Waals surface area contributed by atoms with Gasteiger partial charge in [-0.2, -0.15) is 0 Å². The van der Waals surface area contributed by atoms with E-state index in [0.29, 0.717) is 50.1 Å². The van der Waals surface area contributed by atoms with Crippen molar-refractivity contribution in [1.82, 2.24) is 9.55 Å². The average Bonchev–Trinajstić information content (AvgIpc) is 3.58. The third-order valence-electron chi connectivity index (χ3n) is 6.54. The molecule has 5 rings (SSSR count). The van der Waals surface area contributed by atoms with Crippen molar-refractivity contribution in [3.8, 4) is 0 Å². The molecule has 0 unspecified atom stereocenters. The molecule has 0 atom stereocenters. The molecular formula is C24H24ClF2N3NaO3S-. The number of pyridine rings is 2. The number of rotatable bonds is 8. The van der Waals surface area contributed by atoms with Crippen molar-refractivity contribution < 1.29 is 48.6 Å². The van der Waals surface area contributed by atoms with Crippen molar-refractivity contribution in [1.29, 1.82) is 0 Å². The molecule has 3 aromatic rings. The molecule has 1 aromatic carbocycles. The summed E-state index contributed by atoms with van der Waals surface area (Å²) in [5.41, 5.74) is 0.763. The standard InChI is InChI=1S/C24H23ClF2N3O2S.Na.H2O/c1-33-22-18(25)6-4-16-20(22)30(8-9-31)23-17(21(16)32)5-7-19(28-23)29(12-14-2-3-14)13-15-10-24(26,27)11-15;;/h4-7,14-15H,2-3,8,10-13H2,1H3;;1H2/q-1;+1;/p-1. The zero-order chi connectivity index (χ0) is 23.3. The molecule has 0 saturated heterocycles. The fraction of sp³-hybridized carbons (Fsp3) is 0.458. The predicted molar refractivity (Wildman–Crippen MR) is 131 cm³/mol. The van der Waals surface area contributed by atoms with E-state index in [1.54, 1.807) is 28.8 Å². The molecule has 182 valence electrons. The zero-order valence-electron chi connectivity index (χ0n) is 19.6. The number of benzene rings is 1. The van der Waals surface area contributed by atoms with Crippen LogP contribution in [0.1, 0.15) is 25.7 Å². The monoisotopic (exact) mass is 530 g/mol. The van der Waals surface area contributed by atoms with Crippen LogP contribution >= 0.6 is 23.4 Å². The van der Waals surface area contributed by atoms with Crippen LogP contribution in [0, 0.1) is 11.8 Å². The van der Waals surface area contributed by atoms with Crippen LogP contribution in [0.4, 0.5) is 14.6 Å². The van der Waals surface area contributed by atoms with E-state index in [2.05, 4.69) is 4.90 Å². The Labute approximate surface area is 233 Å². The van der Waals surface area contributed by atoms with Gasteiger partial charge in [-0.3, -0.25) is 4.79 Å². The van der Waals surface area contributed by atoms with Gasteiger partial charge in [0.05, 0.1) is 20.8 Å². The molecule has 2 aliphatic carbocycles. The molecule has 35 heavy (non-hydrogen) atoms. The van der Waals surface area contributed by atoms with Crippen molar-refractivity contribution in [2.75, 3.05) is 24.2 Å². The molecule has 2 aromatic heterocycles. The second kappa shape index (κ2) is 11.0. The molecule has 0 spiro atoms. The molecule has 11 heteroatoms. The maximum Gasteiger partial charge on any atom is 1.00 e. The Hall–Kier alpha value is -1.23. The van der Waals surface area contributed by atoms with Crippen molar-refractivity contribution in [3.05, 3.63) is 39.5 Å². The number of anilines is 1. The molecular weight excluding hydrogens is 507 g/mol. The van der Waals surface area contributed by atoms with Crippen LogP contribution < -0.4 is 39.9 Å². The molecule has 0 bridgehead atoms. The van der Waals surface area contributed by atoms with Gasteiger partial charge in [0.1, 0.15) is 11.5 Å². The summed E-state index contributed by atoms with van der Waals surface area (Å²) in [7, 11) is 0. The van der Waals surface area contributed by atoms with Crippen LogP contribution in [0.5, 0.6) is 0 Å². The molecule has 0 amide bonds. The van der Waals surface area contributed by atoms with E-state index in [9.17, 15) is 18.4 Å². The van der Waals surface area contributed by atoms with Gasteiger partial charge in [0.15, 0.2) is 5.43 Å². The summed E-state index contributed by atoms with van der Waals surface area (Å²) in [5, 5.41) is 1.36. The smallest absolute Gasteiger partial charge is 0.870 e. The first-order valence-electron chi connectivity index (χ1n) is 11.0. The van der Waals surface area contributed by atoms with E-state index >= 15 is 0 Å². The third kappa shape index (κ3) is 5.55. The minimum absolute atomic E-state index is 0. The molecule has 2 fully saturated rings. The Balaban J connectivity index is 0.00000171. The molecule has 1 N–H and O–H groups in total. The minimum atomic E-state index is -2.57. The largest absolute Gasteiger partial charge is 1.00 e. The van der Waals surface area contributed by atoms with Crippen molar-refractivity contribution >= 4 is 57.4 Å². The van der Waals surface area contributed by atoms with Gasteiger partial charge in [0.25, 0.3) is 0 Å². The first-order valence-corrected chi connectivity index (χ1v) is 12.6. The maximum absolute atomic E-state index is 13.4. The van der Waals surface area contributed by atoms with Gasteiger partial charge in [-0.05, 0) is 55.2 Å². The van der Waals surface area contributed by atoms with E-state index in [1.807, 2.05) is 12.5 Å². The van der Waals surface area contributed by atoms with Gasteiger partial charge >= 0.3 is 29.6 Å². The summed E-state index contributed by atoms with van der Waals surface area (Å²) >= 11 is 7.80. The van der Waals surface area contributed by atoms with Crippen molar-refractivity contribution in [2.45, 2.75) is 43.0 Å². The Morgan fingerprint density at radius 2 is 1.83 bits per heavy atom. The number of thioether (sulfide) groups is 1. The maximum atomic E-state index is 13.4. The first kappa shape index (κ1) is 28.3. The average molecular weight is 531 g/mol. The van der Waals surface area contributed by atoms with Gasteiger partial charge in [0.2, 0.25) is 5.92 Å². The number of hydrogen-bond donors (Lipinski definition) is 0. The topological polar surface area (TPSA) is 85.2 Å². The van der Waals surface area contributed by atoms with Crippen molar-refractivity contribution in [3.63, 3.8) is 0 Å². The van der Waals surface area contributed by atoms with Gasteiger partial charge in [-0.25, -0.2) is 20.1 Å². The van der Waals surface area contributed by atoms with Gasteiger partial charge in [-0.15, -0.1) is 11.8 Å². The second-order valence-electron chi connectivity index (χ2n) is 9.06. The fourth-order valence-corrected chi connectivity index (χ4v) is 5.82. The Kier molecular flexibility index (Phi) is 8.93. The Bertz CT molecular complexity index is 1310. The van der Waals surface area contributed by atoms with Gasteiger partial charge < -0.3 is 19.7 Å². The quantitative estimate of drug-likeness (QED) is 0.192. The summed E-state index contributed by atoms with van der Waals surface area (Å²) in [5.74, 6) is -1.48. The summed E-state index contributed by atoms with van der Waals surface area (Å²) in [4.78, 5) is 32.3. The number of halogens is 3. The van der Waals surface area contributed by atoms with E-state index in [0.717, 1.165) is 19.4 Å². The van der Waals surface area contributed by atoms with Crippen LogP contribution in [0.25, 0.3) is 21.9 Å². The number of aromatic nitrogens is 2. The zero-order valence-corrected chi connectivity index (χ0v) is 23.1. The normalized spacial score (nSPS) is 16.9. The fourth-order valence-electron chi connectivity index (χ4n) is 4.76. The van der Waals surface area contributed by atoms with Crippen LogP contribution in [0.3, 0.4) is 0 Å². The molecule has 0 aliphatic heterocycles. The van der Waals surface area contributed by atoms with Crippen LogP contribution in [-0.2, 0) is 11.3 Å². The summed E-state index contributed by atoms with van der Waals surface area (Å²) in [6.45, 7) is 1.15. The summed E-state index contributed by atoms with van der Waals surface area (Å²) in [6, 6.07) is 6.87. The SMILES string of the molecule is CSc1c(Cl)ccc2c(=O)c3ccc(N(CC4CC4)CC4CC(F)(F)C4)nc3n(C[C-]=O)c12.[Na+].[OH-]. The molecule has 2 saturated carbocycles. The first-order chi connectivity index (χ1) is 15.8. The van der Waals surface area contributed by atoms with Crippen molar-refractivity contribution in [2.24, 2.45) is 11.8 Å². The minimum Gasteiger partial charge on any atom is -0.870 e. The van der Waals surface area contributed by atoms with Gasteiger partial charge in [0, 0.05) is 31.3 Å². The van der Waals surface area contributed by atoms with E-state index in [1.165, 1.54) is 11.8 Å². The summed E-state index contributed by atoms with van der Waals surface area (Å²) in [6.07, 6.45) is 5.82. The second-order valence-corrected chi connectivity index (χ2v) is 10.3. The molecule has 6 nitrogen and oxygen atoms in total. The van der Waals surface area contributed by atoms with E-state index in [-0.39, 0.29) is 65.8 Å². The van der Waals surface area contributed by atoms with Crippen LogP contribution in [0.15, 0.2) is 34.0 Å². The number of fused-ring (bicyclic) bond motifs is 2. The number of alkyl halides is 2. The molecule has 0 radical (unpaired) electrons. The third-order valence-corrected chi connectivity index (χ3v) is 7.79. The van der Waals surface area contributed by atoms with E-state index < -0.39 is 5.92 Å². The molecule has 2 heterocycles. The predicted octanol–water partition coefficient (Wildman–Crippen LogP) is 2.12. The number of nitrogens with zero attached hydrogens (tertiary/aromatic N) is 3. The van der Waals surface area contributed by atoms with E-state index in [4.69, 9.17) is 16.6 Å². The number of hydrogen-bond acceptors (Lipinski definition) is 6. The summed E-state index contributed by atoms with van der Waals surface area (Å²) < 4.78 is 28.6. The molecule has 2 aliphatic rings. The van der Waals surface area contributed by atoms with Gasteiger partial charge in [-0.1, -0.05) is 18.1 Å². The Morgan fingerprint density at radius 1 is 1.17 bits per heavy atom. The van der Waals surface area contributed by atoms with Crippen LogP contribution in [0.2, 0.25) is 5.02 Å². The Morgan fingerprint density at radius 3 is 2.43 bits per heavy atom. The number of carbonyl (C=O) groups excluding carboxylic acids is 1. The van der Waals surface area contributed by atoms with Crippen LogP contribution in [-0.4, -0.2) is 46.6 Å².